The minimum atomic E-state index is -0.579. The van der Waals surface area contributed by atoms with E-state index in [1.165, 1.54) is 34.4 Å². The van der Waals surface area contributed by atoms with Crippen LogP contribution in [0.3, 0.4) is 0 Å². The third-order valence-electron chi connectivity index (χ3n) is 6.16. The van der Waals surface area contributed by atoms with Crippen LogP contribution in [-0.4, -0.2) is 15.0 Å². The number of aromatic nitrogens is 2. The molecule has 0 bridgehead atoms. The number of hydrogen-bond donors (Lipinski definition) is 1. The van der Waals surface area contributed by atoms with E-state index in [0.717, 1.165) is 23.0 Å². The van der Waals surface area contributed by atoms with Gasteiger partial charge in [-0.3, -0.25) is 18.7 Å². The lowest BCUT2D eigenvalue weighted by Gasteiger charge is -2.17. The van der Waals surface area contributed by atoms with Crippen molar-refractivity contribution < 1.29 is 9.18 Å². The summed E-state index contributed by atoms with van der Waals surface area (Å²) in [7, 11) is 0. The fraction of sp³-hybridized carbons (Fsp3) is 0.192. The number of para-hydroxylation sites is 1. The Labute approximate surface area is 188 Å². The van der Waals surface area contributed by atoms with E-state index in [1.54, 1.807) is 24.3 Å². The lowest BCUT2D eigenvalue weighted by molar-refractivity contribution is -0.122. The Morgan fingerprint density at radius 3 is 2.48 bits per heavy atom. The molecule has 1 N–H and O–H groups in total. The number of nitrogens with zero attached hydrogens (tertiary/aromatic N) is 2. The van der Waals surface area contributed by atoms with Gasteiger partial charge in [0.25, 0.3) is 5.56 Å². The first-order valence-electron chi connectivity index (χ1n) is 10.9. The third kappa shape index (κ3) is 3.98. The number of amides is 1. The number of carbonyl (C=O) groups is 1. The van der Waals surface area contributed by atoms with Crippen LogP contribution in [0.15, 0.2) is 82.4 Å². The lowest BCUT2D eigenvalue weighted by atomic mass is 10.1. The van der Waals surface area contributed by atoms with Crippen molar-refractivity contribution in [3.05, 3.63) is 116 Å². The van der Waals surface area contributed by atoms with Crippen LogP contribution >= 0.6 is 0 Å². The van der Waals surface area contributed by atoms with Crippen molar-refractivity contribution >= 4 is 16.8 Å². The highest BCUT2D eigenvalue weighted by atomic mass is 19.1. The molecule has 6 nitrogen and oxygen atoms in total. The van der Waals surface area contributed by atoms with Crippen LogP contribution in [-0.2, 0) is 24.3 Å². The molecule has 1 amide bonds. The zero-order chi connectivity index (χ0) is 22.9. The van der Waals surface area contributed by atoms with Crippen LogP contribution in [0.1, 0.15) is 29.2 Å². The number of aryl methyl sites for hydroxylation is 1. The van der Waals surface area contributed by atoms with Crippen molar-refractivity contribution in [3.8, 4) is 0 Å². The smallest absolute Gasteiger partial charge is 0.332 e. The molecule has 0 fully saturated rings. The topological polar surface area (TPSA) is 73.1 Å². The van der Waals surface area contributed by atoms with Gasteiger partial charge in [-0.1, -0.05) is 48.5 Å². The predicted octanol–water partition coefficient (Wildman–Crippen LogP) is 3.15. The molecule has 0 saturated carbocycles. The molecule has 1 atom stereocenters. The number of benzene rings is 3. The number of fused-ring (bicyclic) bond motifs is 2. The van der Waals surface area contributed by atoms with Crippen molar-refractivity contribution in [1.82, 2.24) is 14.5 Å². The molecule has 5 rings (SSSR count). The van der Waals surface area contributed by atoms with Gasteiger partial charge in [-0.25, -0.2) is 9.18 Å². The molecule has 1 heterocycles. The average molecular weight is 443 g/mol. The molecule has 0 spiro atoms. The summed E-state index contributed by atoms with van der Waals surface area (Å²) in [5.74, 6) is -0.692. The number of nitrogens with one attached hydrogen (secondary N) is 1. The van der Waals surface area contributed by atoms with Gasteiger partial charge in [0, 0.05) is 0 Å². The van der Waals surface area contributed by atoms with E-state index in [2.05, 4.69) is 11.4 Å². The second-order valence-electron chi connectivity index (χ2n) is 8.26. The molecule has 33 heavy (non-hydrogen) atoms. The van der Waals surface area contributed by atoms with Crippen LogP contribution in [0.4, 0.5) is 4.39 Å². The second-order valence-corrected chi connectivity index (χ2v) is 8.26. The summed E-state index contributed by atoms with van der Waals surface area (Å²) in [6.07, 6.45) is 1.71. The van der Waals surface area contributed by atoms with Gasteiger partial charge < -0.3 is 5.32 Å². The number of hydrogen-bond acceptors (Lipinski definition) is 3. The molecule has 1 aromatic heterocycles. The fourth-order valence-electron chi connectivity index (χ4n) is 4.53. The zero-order valence-corrected chi connectivity index (χ0v) is 17.8. The van der Waals surface area contributed by atoms with Gasteiger partial charge in [0.1, 0.15) is 12.4 Å². The molecule has 7 heteroatoms. The first kappa shape index (κ1) is 20.9. The molecule has 166 valence electrons. The van der Waals surface area contributed by atoms with Crippen LogP contribution < -0.4 is 16.6 Å². The quantitative estimate of drug-likeness (QED) is 0.515. The Kier molecular flexibility index (Phi) is 5.38. The lowest BCUT2D eigenvalue weighted by Crippen LogP contribution is -2.43. The van der Waals surface area contributed by atoms with Crippen LogP contribution in [0, 0.1) is 5.82 Å². The van der Waals surface area contributed by atoms with Crippen LogP contribution in [0.25, 0.3) is 10.9 Å². The van der Waals surface area contributed by atoms with E-state index < -0.39 is 17.1 Å². The number of halogens is 1. The van der Waals surface area contributed by atoms with E-state index in [-0.39, 0.29) is 25.0 Å². The van der Waals surface area contributed by atoms with Gasteiger partial charge >= 0.3 is 5.69 Å². The van der Waals surface area contributed by atoms with Gasteiger partial charge in [0.2, 0.25) is 5.91 Å². The van der Waals surface area contributed by atoms with E-state index in [4.69, 9.17) is 0 Å². The minimum absolute atomic E-state index is 0.0135. The second kappa shape index (κ2) is 8.50. The van der Waals surface area contributed by atoms with Crippen molar-refractivity contribution in [2.75, 3.05) is 0 Å². The third-order valence-corrected chi connectivity index (χ3v) is 6.16. The molecule has 0 aliphatic heterocycles. The summed E-state index contributed by atoms with van der Waals surface area (Å²) in [6.45, 7) is -0.220. The van der Waals surface area contributed by atoms with Gasteiger partial charge in [0.15, 0.2) is 0 Å². The largest absolute Gasteiger partial charge is 0.348 e. The molecule has 0 radical (unpaired) electrons. The maximum atomic E-state index is 13.3. The first-order valence-corrected chi connectivity index (χ1v) is 10.9. The van der Waals surface area contributed by atoms with Gasteiger partial charge in [-0.15, -0.1) is 0 Å². The van der Waals surface area contributed by atoms with Crippen LogP contribution in [0.2, 0.25) is 0 Å². The monoisotopic (exact) mass is 443 g/mol. The summed E-state index contributed by atoms with van der Waals surface area (Å²) < 4.78 is 15.7. The highest BCUT2D eigenvalue weighted by Crippen LogP contribution is 2.30. The number of carbonyl (C=O) groups excluding carboxylic acids is 1. The zero-order valence-electron chi connectivity index (χ0n) is 17.8. The summed E-state index contributed by atoms with van der Waals surface area (Å²) in [6, 6.07) is 20.3. The Balaban J connectivity index is 1.49. The summed E-state index contributed by atoms with van der Waals surface area (Å²) in [5, 5.41) is 3.38. The normalized spacial score (nSPS) is 14.9. The molecular formula is C26H22FN3O3. The Morgan fingerprint density at radius 1 is 0.939 bits per heavy atom. The first-order chi connectivity index (χ1) is 16.0. The summed E-state index contributed by atoms with van der Waals surface area (Å²) in [5.41, 5.74) is 2.32. The highest BCUT2D eigenvalue weighted by Gasteiger charge is 2.24. The fourth-order valence-corrected chi connectivity index (χ4v) is 4.53. The molecule has 1 aliphatic rings. The molecule has 3 aromatic carbocycles. The molecule has 4 aromatic rings. The average Bonchev–Trinajstić information content (AvgIpc) is 3.23. The van der Waals surface area contributed by atoms with Gasteiger partial charge in [-0.2, -0.15) is 0 Å². The van der Waals surface area contributed by atoms with Gasteiger partial charge in [-0.05, 0) is 53.8 Å². The van der Waals surface area contributed by atoms with Crippen molar-refractivity contribution in [2.24, 2.45) is 0 Å². The Hall–Kier alpha value is -4.00. The van der Waals surface area contributed by atoms with E-state index in [0.29, 0.717) is 16.5 Å². The van der Waals surface area contributed by atoms with Crippen molar-refractivity contribution in [3.63, 3.8) is 0 Å². The summed E-state index contributed by atoms with van der Waals surface area (Å²) >= 11 is 0. The maximum Gasteiger partial charge on any atom is 0.332 e. The summed E-state index contributed by atoms with van der Waals surface area (Å²) in [4.78, 5) is 39.3. The maximum absolute atomic E-state index is 13.3. The highest BCUT2D eigenvalue weighted by molar-refractivity contribution is 5.82. The standard InChI is InChI=1S/C26H22FN3O3/c27-19-12-9-17(10-13-19)15-30-25(32)21-7-3-4-8-23(21)29(26(30)33)16-24(31)28-22-14-11-18-5-1-2-6-20(18)22/h1-10,12-13,22H,11,14-16H2,(H,28,31)/t22-/m0/s1. The molecule has 0 unspecified atom stereocenters. The Bertz CT molecular complexity index is 1470. The van der Waals surface area contributed by atoms with Crippen molar-refractivity contribution in [1.29, 1.82) is 0 Å². The van der Waals surface area contributed by atoms with Gasteiger partial charge in [0.05, 0.1) is 23.5 Å². The van der Waals surface area contributed by atoms with E-state index >= 15 is 0 Å². The minimum Gasteiger partial charge on any atom is -0.348 e. The van der Waals surface area contributed by atoms with E-state index in [9.17, 15) is 18.8 Å². The molecule has 1 aliphatic carbocycles. The Morgan fingerprint density at radius 2 is 1.67 bits per heavy atom. The van der Waals surface area contributed by atoms with E-state index in [1.807, 2.05) is 18.2 Å². The predicted molar refractivity (Wildman–Crippen MR) is 124 cm³/mol. The van der Waals surface area contributed by atoms with Crippen molar-refractivity contribution in [2.45, 2.75) is 32.0 Å². The number of rotatable bonds is 5. The SMILES string of the molecule is O=C(Cn1c(=O)n(Cc2ccc(F)cc2)c(=O)c2ccccc21)N[C@H]1CCc2ccccc21. The van der Waals surface area contributed by atoms with Crippen LogP contribution in [0.5, 0.6) is 0 Å². The molecule has 0 saturated heterocycles. The molecular weight excluding hydrogens is 421 g/mol.